The Kier molecular flexibility index (Phi) is 3.94. The van der Waals surface area contributed by atoms with E-state index in [2.05, 4.69) is 95.8 Å². The van der Waals surface area contributed by atoms with Crippen LogP contribution >= 0.6 is 0 Å². The molecule has 1 aromatic heterocycles. The highest BCUT2D eigenvalue weighted by molar-refractivity contribution is 7.00. The fourth-order valence-corrected chi connectivity index (χ4v) is 7.30. The third kappa shape index (κ3) is 2.48. The van der Waals surface area contributed by atoms with E-state index in [1.54, 1.807) is 7.11 Å². The molecule has 0 aliphatic carbocycles. The van der Waals surface area contributed by atoms with Crippen LogP contribution in [0.4, 0.5) is 0 Å². The first-order valence-corrected chi connectivity index (χ1v) is 11.0. The van der Waals surface area contributed by atoms with Crippen LogP contribution in [0.2, 0.25) is 6.55 Å². The Labute approximate surface area is 149 Å². The minimum absolute atomic E-state index is 0.925. The average molecular weight is 344 g/mol. The van der Waals surface area contributed by atoms with Gasteiger partial charge in [-0.05, 0) is 41.3 Å². The molecule has 0 unspecified atom stereocenters. The third-order valence-electron chi connectivity index (χ3n) is 5.07. The standard InChI is InChI=1S/C22H21NOSi/c1-24-22-15-9-14-21-20(22)16-17-23(21)25(2,18-10-5-3-6-11-18)19-12-7-4-8-13-19/h3-17H,1-2H3. The lowest BCUT2D eigenvalue weighted by Crippen LogP contribution is -2.61. The summed E-state index contributed by atoms with van der Waals surface area (Å²) >= 11 is 0. The highest BCUT2D eigenvalue weighted by Gasteiger charge is 2.35. The molecule has 0 fully saturated rings. The Morgan fingerprint density at radius 1 is 0.720 bits per heavy atom. The molecule has 1 heterocycles. The normalized spacial score (nSPS) is 11.6. The number of methoxy groups -OCH3 is 1. The Bertz CT molecular complexity index is 953. The van der Waals surface area contributed by atoms with Crippen molar-refractivity contribution in [3.63, 3.8) is 0 Å². The molecule has 3 heteroatoms. The van der Waals surface area contributed by atoms with Gasteiger partial charge in [0.05, 0.1) is 7.11 Å². The largest absolute Gasteiger partial charge is 0.496 e. The van der Waals surface area contributed by atoms with Gasteiger partial charge >= 0.3 is 0 Å². The third-order valence-corrected chi connectivity index (χ3v) is 9.34. The van der Waals surface area contributed by atoms with Gasteiger partial charge in [-0.2, -0.15) is 0 Å². The number of benzene rings is 3. The van der Waals surface area contributed by atoms with Crippen LogP contribution in [0.3, 0.4) is 0 Å². The molecule has 25 heavy (non-hydrogen) atoms. The molecule has 0 N–H and O–H groups in total. The predicted molar refractivity (Wildman–Crippen MR) is 108 cm³/mol. The summed E-state index contributed by atoms with van der Waals surface area (Å²) < 4.78 is 8.05. The van der Waals surface area contributed by atoms with Crippen molar-refractivity contribution >= 4 is 29.5 Å². The van der Waals surface area contributed by atoms with E-state index in [0.717, 1.165) is 11.1 Å². The summed E-state index contributed by atoms with van der Waals surface area (Å²) in [5.74, 6) is 0.925. The van der Waals surface area contributed by atoms with E-state index >= 15 is 0 Å². The van der Waals surface area contributed by atoms with Gasteiger partial charge in [-0.25, -0.2) is 0 Å². The molecule has 4 aromatic rings. The summed E-state index contributed by atoms with van der Waals surface area (Å²) in [6.45, 7) is 2.41. The molecule has 3 aromatic carbocycles. The molecule has 0 saturated carbocycles. The zero-order valence-electron chi connectivity index (χ0n) is 14.5. The first-order valence-electron chi connectivity index (χ1n) is 8.51. The van der Waals surface area contributed by atoms with Gasteiger partial charge in [0.25, 0.3) is 0 Å². The van der Waals surface area contributed by atoms with Crippen molar-refractivity contribution in [3.05, 3.63) is 91.1 Å². The monoisotopic (exact) mass is 343 g/mol. The Balaban J connectivity index is 2.03. The maximum atomic E-state index is 5.57. The van der Waals surface area contributed by atoms with Crippen molar-refractivity contribution < 1.29 is 4.74 Å². The van der Waals surface area contributed by atoms with Crippen molar-refractivity contribution in [1.82, 2.24) is 4.23 Å². The fourth-order valence-electron chi connectivity index (χ4n) is 3.68. The quantitative estimate of drug-likeness (QED) is 0.513. The molecule has 2 nitrogen and oxygen atoms in total. The van der Waals surface area contributed by atoms with Crippen LogP contribution in [0, 0.1) is 0 Å². The van der Waals surface area contributed by atoms with Crippen LogP contribution in [-0.4, -0.2) is 19.6 Å². The van der Waals surface area contributed by atoms with Crippen molar-refractivity contribution in [2.45, 2.75) is 6.55 Å². The molecule has 0 atom stereocenters. The van der Waals surface area contributed by atoms with E-state index in [1.807, 2.05) is 6.07 Å². The molecule has 0 aliphatic heterocycles. The first kappa shape index (κ1) is 15.7. The van der Waals surface area contributed by atoms with Crippen LogP contribution in [0.5, 0.6) is 5.75 Å². The van der Waals surface area contributed by atoms with Gasteiger partial charge < -0.3 is 8.97 Å². The molecule has 124 valence electrons. The summed E-state index contributed by atoms with van der Waals surface area (Å²) in [5.41, 5.74) is 1.22. The van der Waals surface area contributed by atoms with Crippen LogP contribution in [0.1, 0.15) is 0 Å². The van der Waals surface area contributed by atoms with Crippen molar-refractivity contribution in [2.24, 2.45) is 0 Å². The van der Waals surface area contributed by atoms with E-state index in [9.17, 15) is 0 Å². The molecule has 0 amide bonds. The van der Waals surface area contributed by atoms with Gasteiger partial charge in [-0.1, -0.05) is 66.7 Å². The van der Waals surface area contributed by atoms with Gasteiger partial charge in [-0.3, -0.25) is 0 Å². The van der Waals surface area contributed by atoms with Gasteiger partial charge in [0.1, 0.15) is 5.75 Å². The molecule has 0 bridgehead atoms. The number of rotatable bonds is 4. The number of fused-ring (bicyclic) bond motifs is 1. The Hall–Kier alpha value is -2.78. The molecule has 0 saturated heterocycles. The molecule has 0 radical (unpaired) electrons. The van der Waals surface area contributed by atoms with Crippen LogP contribution < -0.4 is 15.1 Å². The molecule has 0 aliphatic rings. The van der Waals surface area contributed by atoms with Crippen molar-refractivity contribution in [3.8, 4) is 5.75 Å². The van der Waals surface area contributed by atoms with Gasteiger partial charge in [-0.15, -0.1) is 0 Å². The minimum atomic E-state index is -2.16. The Morgan fingerprint density at radius 3 is 1.88 bits per heavy atom. The lowest BCUT2D eigenvalue weighted by atomic mass is 10.2. The van der Waals surface area contributed by atoms with E-state index in [1.165, 1.54) is 15.9 Å². The highest BCUT2D eigenvalue weighted by atomic mass is 28.3. The predicted octanol–water partition coefficient (Wildman–Crippen LogP) is 3.89. The molecular formula is C22H21NOSi. The number of hydrogen-bond acceptors (Lipinski definition) is 1. The molecule has 4 rings (SSSR count). The second-order valence-corrected chi connectivity index (χ2v) is 10.2. The van der Waals surface area contributed by atoms with Gasteiger partial charge in [0.15, 0.2) is 0 Å². The van der Waals surface area contributed by atoms with Crippen LogP contribution in [0.15, 0.2) is 91.1 Å². The van der Waals surface area contributed by atoms with Crippen LogP contribution in [-0.2, 0) is 0 Å². The maximum absolute atomic E-state index is 5.57. The fraction of sp³-hybridized carbons (Fsp3) is 0.0909. The second kappa shape index (κ2) is 6.26. The summed E-state index contributed by atoms with van der Waals surface area (Å²) in [4.78, 5) is 0. The number of aromatic nitrogens is 1. The number of ether oxygens (including phenoxy) is 1. The van der Waals surface area contributed by atoms with E-state index in [0.29, 0.717) is 0 Å². The topological polar surface area (TPSA) is 14.2 Å². The zero-order valence-corrected chi connectivity index (χ0v) is 15.5. The molecular weight excluding hydrogens is 322 g/mol. The van der Waals surface area contributed by atoms with Gasteiger partial charge in [0, 0.05) is 10.9 Å². The van der Waals surface area contributed by atoms with Crippen molar-refractivity contribution in [1.29, 1.82) is 0 Å². The summed E-state index contributed by atoms with van der Waals surface area (Å²) in [7, 11) is -0.431. The first-order chi connectivity index (χ1) is 12.2. The lowest BCUT2D eigenvalue weighted by molar-refractivity contribution is 0.420. The number of hydrogen-bond donors (Lipinski definition) is 0. The lowest BCUT2D eigenvalue weighted by Gasteiger charge is -2.31. The summed E-state index contributed by atoms with van der Waals surface area (Å²) in [5, 5.41) is 3.94. The second-order valence-electron chi connectivity index (χ2n) is 6.38. The average Bonchev–Trinajstić information content (AvgIpc) is 3.13. The highest BCUT2D eigenvalue weighted by Crippen LogP contribution is 2.28. The van der Waals surface area contributed by atoms with E-state index in [-0.39, 0.29) is 0 Å². The number of nitrogens with zero attached hydrogens (tertiary/aromatic N) is 1. The Morgan fingerprint density at radius 2 is 1.32 bits per heavy atom. The van der Waals surface area contributed by atoms with Crippen LogP contribution in [0.25, 0.3) is 10.9 Å². The van der Waals surface area contributed by atoms with E-state index < -0.39 is 8.24 Å². The molecule has 0 spiro atoms. The summed E-state index contributed by atoms with van der Waals surface area (Å²) in [6, 6.07) is 30.2. The van der Waals surface area contributed by atoms with Crippen molar-refractivity contribution in [2.75, 3.05) is 7.11 Å². The minimum Gasteiger partial charge on any atom is -0.496 e. The van der Waals surface area contributed by atoms with E-state index in [4.69, 9.17) is 4.74 Å². The SMILES string of the molecule is COc1cccc2c1ccn2[Si](C)(c1ccccc1)c1ccccc1. The smallest absolute Gasteiger partial charge is 0.221 e. The zero-order chi connectivity index (χ0) is 17.3. The maximum Gasteiger partial charge on any atom is 0.221 e. The summed E-state index contributed by atoms with van der Waals surface area (Å²) in [6.07, 6.45) is 2.22. The van der Waals surface area contributed by atoms with Gasteiger partial charge in [0.2, 0.25) is 8.24 Å².